The number of nitrogens with two attached hydrogens (primary N) is 1. The molecule has 1 aromatic heterocycles. The average Bonchev–Trinajstić information content (AvgIpc) is 2.57. The van der Waals surface area contributed by atoms with Crippen LogP contribution in [0.3, 0.4) is 0 Å². The summed E-state index contributed by atoms with van der Waals surface area (Å²) in [6.07, 6.45) is 3.59. The van der Waals surface area contributed by atoms with E-state index >= 15 is 0 Å². The number of carbonyl (C=O) groups excluding carboxylic acids is 1. The van der Waals surface area contributed by atoms with Gasteiger partial charge in [0.15, 0.2) is 0 Å². The first kappa shape index (κ1) is 16.4. The number of aromatic nitrogens is 2. The number of carbonyl (C=O) groups is 1. The highest BCUT2D eigenvalue weighted by molar-refractivity contribution is 5.97. The van der Waals surface area contributed by atoms with Gasteiger partial charge in [-0.25, -0.2) is 0 Å². The van der Waals surface area contributed by atoms with Crippen molar-refractivity contribution < 1.29 is 4.79 Å². The number of hydrogen-bond donors (Lipinski definition) is 3. The maximum atomic E-state index is 12.4. The van der Waals surface area contributed by atoms with E-state index in [2.05, 4.69) is 10.3 Å². The zero-order chi connectivity index (χ0) is 17.3. The van der Waals surface area contributed by atoms with E-state index < -0.39 is 11.1 Å². The first-order chi connectivity index (χ1) is 11.5. The van der Waals surface area contributed by atoms with Crippen LogP contribution in [0.25, 0.3) is 11.0 Å². The van der Waals surface area contributed by atoms with Gasteiger partial charge in [0, 0.05) is 24.2 Å². The molecule has 0 atom stereocenters. The number of aryl methyl sites for hydroxylation is 1. The van der Waals surface area contributed by atoms with Gasteiger partial charge in [-0.15, -0.1) is 0 Å². The summed E-state index contributed by atoms with van der Waals surface area (Å²) in [5.74, 6) is -0.174. The van der Waals surface area contributed by atoms with Gasteiger partial charge in [0.05, 0.1) is 11.0 Å². The number of nitrogens with zero attached hydrogens (tertiary/aromatic N) is 1. The number of fused-ring (bicyclic) bond motifs is 1. The highest BCUT2D eigenvalue weighted by atomic mass is 16.2. The third-order valence-electron chi connectivity index (χ3n) is 4.66. The van der Waals surface area contributed by atoms with Crippen molar-refractivity contribution in [3.63, 3.8) is 0 Å². The van der Waals surface area contributed by atoms with E-state index in [9.17, 15) is 14.4 Å². The molecule has 2 aromatic rings. The lowest BCUT2D eigenvalue weighted by Gasteiger charge is -2.26. The minimum atomic E-state index is -0.678. The van der Waals surface area contributed by atoms with Crippen molar-refractivity contribution in [2.75, 3.05) is 0 Å². The van der Waals surface area contributed by atoms with Crippen molar-refractivity contribution in [1.29, 1.82) is 0 Å². The van der Waals surface area contributed by atoms with E-state index in [0.29, 0.717) is 23.1 Å². The van der Waals surface area contributed by atoms with Gasteiger partial charge in [0.2, 0.25) is 0 Å². The molecule has 1 saturated carbocycles. The molecule has 0 spiro atoms. The average molecular weight is 330 g/mol. The Balaban J connectivity index is 1.88. The molecular weight excluding hydrogens is 308 g/mol. The molecule has 0 saturated heterocycles. The van der Waals surface area contributed by atoms with Crippen molar-refractivity contribution >= 4 is 16.9 Å². The predicted molar refractivity (Wildman–Crippen MR) is 92.2 cm³/mol. The predicted octanol–water partition coefficient (Wildman–Crippen LogP) is 0.709. The number of hydrogen-bond acceptors (Lipinski definition) is 4. The van der Waals surface area contributed by atoms with E-state index in [0.717, 1.165) is 25.7 Å². The monoisotopic (exact) mass is 330 g/mol. The highest BCUT2D eigenvalue weighted by Crippen LogP contribution is 2.18. The van der Waals surface area contributed by atoms with Crippen molar-refractivity contribution in [1.82, 2.24) is 14.9 Å². The zero-order valence-electron chi connectivity index (χ0n) is 13.7. The fraction of sp³-hybridized carbons (Fsp3) is 0.471. The molecule has 1 heterocycles. The molecule has 1 aliphatic carbocycles. The van der Waals surface area contributed by atoms with Gasteiger partial charge >= 0.3 is 11.1 Å². The lowest BCUT2D eigenvalue weighted by Crippen LogP contribution is -2.40. The normalized spacial score (nSPS) is 20.9. The Labute approximate surface area is 138 Å². The molecular formula is C17H22N4O3. The summed E-state index contributed by atoms with van der Waals surface area (Å²) in [7, 11) is 0. The first-order valence-electron chi connectivity index (χ1n) is 8.33. The Morgan fingerprint density at radius 3 is 2.67 bits per heavy atom. The lowest BCUT2D eigenvalue weighted by atomic mass is 9.91. The Kier molecular flexibility index (Phi) is 4.53. The largest absolute Gasteiger partial charge is 0.349 e. The summed E-state index contributed by atoms with van der Waals surface area (Å²) in [6, 6.07) is 5.36. The number of rotatable bonds is 3. The molecule has 0 unspecified atom stereocenters. The summed E-state index contributed by atoms with van der Waals surface area (Å²) < 4.78 is 1.40. The Morgan fingerprint density at radius 1 is 1.29 bits per heavy atom. The van der Waals surface area contributed by atoms with Crippen LogP contribution in [0.4, 0.5) is 0 Å². The van der Waals surface area contributed by atoms with Gasteiger partial charge < -0.3 is 20.6 Å². The van der Waals surface area contributed by atoms with Gasteiger partial charge in [0.1, 0.15) is 0 Å². The van der Waals surface area contributed by atoms with E-state index in [-0.39, 0.29) is 18.0 Å². The third-order valence-corrected chi connectivity index (χ3v) is 4.66. The van der Waals surface area contributed by atoms with E-state index in [1.807, 2.05) is 0 Å². The van der Waals surface area contributed by atoms with Gasteiger partial charge in [-0.3, -0.25) is 14.4 Å². The molecule has 4 N–H and O–H groups in total. The van der Waals surface area contributed by atoms with Crippen LogP contribution in [0.15, 0.2) is 27.8 Å². The second-order valence-electron chi connectivity index (χ2n) is 6.32. The number of aromatic amines is 1. The summed E-state index contributed by atoms with van der Waals surface area (Å²) in [4.78, 5) is 38.6. The Bertz CT molecular complexity index is 876. The zero-order valence-corrected chi connectivity index (χ0v) is 13.7. The van der Waals surface area contributed by atoms with Gasteiger partial charge in [0.25, 0.3) is 5.91 Å². The smallest absolute Gasteiger partial charge is 0.316 e. The molecule has 0 radical (unpaired) electrons. The summed E-state index contributed by atoms with van der Waals surface area (Å²) >= 11 is 0. The van der Waals surface area contributed by atoms with E-state index in [1.165, 1.54) is 4.57 Å². The number of nitrogens with one attached hydrogen (secondary N) is 2. The second-order valence-corrected chi connectivity index (χ2v) is 6.32. The molecule has 7 heteroatoms. The van der Waals surface area contributed by atoms with Crippen LogP contribution in [0, 0.1) is 0 Å². The van der Waals surface area contributed by atoms with Crippen LogP contribution in [0.1, 0.15) is 43.0 Å². The van der Waals surface area contributed by atoms with E-state index in [1.54, 1.807) is 25.1 Å². The van der Waals surface area contributed by atoms with Crippen molar-refractivity contribution in [2.24, 2.45) is 5.73 Å². The van der Waals surface area contributed by atoms with Crippen molar-refractivity contribution in [3.8, 4) is 0 Å². The molecule has 0 bridgehead atoms. The SMILES string of the molecule is CCn1c(=O)c(=O)[nH]c2cc(C(=O)NC3CCC(N)CC3)ccc21. The molecule has 1 amide bonds. The quantitative estimate of drug-likeness (QED) is 0.720. The fourth-order valence-corrected chi connectivity index (χ4v) is 3.27. The Morgan fingerprint density at radius 2 is 2.00 bits per heavy atom. The van der Waals surface area contributed by atoms with Crippen molar-refractivity contribution in [3.05, 3.63) is 44.5 Å². The highest BCUT2D eigenvalue weighted by Gasteiger charge is 2.20. The van der Waals surface area contributed by atoms with Gasteiger partial charge in [-0.2, -0.15) is 0 Å². The molecule has 24 heavy (non-hydrogen) atoms. The summed E-state index contributed by atoms with van der Waals surface area (Å²) in [6.45, 7) is 2.20. The van der Waals surface area contributed by atoms with Crippen LogP contribution in [0.5, 0.6) is 0 Å². The maximum Gasteiger partial charge on any atom is 0.316 e. The van der Waals surface area contributed by atoms with Crippen LogP contribution in [-0.4, -0.2) is 27.5 Å². The lowest BCUT2D eigenvalue weighted by molar-refractivity contribution is 0.0926. The minimum Gasteiger partial charge on any atom is -0.349 e. The molecule has 1 fully saturated rings. The van der Waals surface area contributed by atoms with Crippen LogP contribution < -0.4 is 22.2 Å². The number of amides is 1. The van der Waals surface area contributed by atoms with Gasteiger partial charge in [-0.05, 0) is 50.8 Å². The van der Waals surface area contributed by atoms with Gasteiger partial charge in [-0.1, -0.05) is 0 Å². The minimum absolute atomic E-state index is 0.136. The summed E-state index contributed by atoms with van der Waals surface area (Å²) in [5, 5.41) is 3.02. The number of benzene rings is 1. The summed E-state index contributed by atoms with van der Waals surface area (Å²) in [5.41, 5.74) is 6.19. The second kappa shape index (κ2) is 6.60. The third kappa shape index (κ3) is 3.12. The maximum absolute atomic E-state index is 12.4. The van der Waals surface area contributed by atoms with E-state index in [4.69, 9.17) is 5.73 Å². The topological polar surface area (TPSA) is 110 Å². The molecule has 7 nitrogen and oxygen atoms in total. The molecule has 0 aliphatic heterocycles. The molecule has 3 rings (SSSR count). The first-order valence-corrected chi connectivity index (χ1v) is 8.33. The Hall–Kier alpha value is -2.41. The standard InChI is InChI=1S/C17H22N4O3/c1-2-21-14-8-3-10(9-13(14)20-16(23)17(21)24)15(22)19-12-6-4-11(18)5-7-12/h3,8-9,11-12H,2,4-7,18H2,1H3,(H,19,22)(H,20,23). The molecule has 1 aromatic carbocycles. The fourth-order valence-electron chi connectivity index (χ4n) is 3.27. The molecule has 1 aliphatic rings. The number of H-pyrrole nitrogens is 1. The molecule has 128 valence electrons. The van der Waals surface area contributed by atoms with Crippen LogP contribution >= 0.6 is 0 Å². The van der Waals surface area contributed by atoms with Crippen LogP contribution in [-0.2, 0) is 6.54 Å². The van der Waals surface area contributed by atoms with Crippen molar-refractivity contribution in [2.45, 2.75) is 51.2 Å². The van der Waals surface area contributed by atoms with Crippen LogP contribution in [0.2, 0.25) is 0 Å².